The van der Waals surface area contributed by atoms with Gasteiger partial charge in [0.1, 0.15) is 0 Å². The van der Waals surface area contributed by atoms with Gasteiger partial charge in [-0.1, -0.05) is 0 Å². The molecule has 2 aromatic carbocycles. The van der Waals surface area contributed by atoms with Crippen molar-refractivity contribution in [2.75, 3.05) is 50.0 Å². The van der Waals surface area contributed by atoms with Crippen molar-refractivity contribution in [1.82, 2.24) is 9.88 Å². The molecule has 0 spiro atoms. The summed E-state index contributed by atoms with van der Waals surface area (Å²) in [5, 5.41) is 18.1. The Balaban J connectivity index is 1.39. The number of nitrogens with two attached hydrogens (primary N) is 1. The van der Waals surface area contributed by atoms with Crippen LogP contribution in [0.15, 0.2) is 48.5 Å². The van der Waals surface area contributed by atoms with E-state index in [0.717, 1.165) is 42.9 Å². The van der Waals surface area contributed by atoms with Crippen LogP contribution in [0.4, 0.5) is 11.5 Å². The second kappa shape index (κ2) is 11.0. The van der Waals surface area contributed by atoms with Gasteiger partial charge in [0.15, 0.2) is 0 Å². The number of aromatic nitrogens is 1. The van der Waals surface area contributed by atoms with Crippen LogP contribution in [0.3, 0.4) is 0 Å². The van der Waals surface area contributed by atoms with Crippen LogP contribution in [0, 0.1) is 11.3 Å². The second-order valence-corrected chi connectivity index (χ2v) is 11.9. The quantitative estimate of drug-likeness (QED) is 0.336. The fourth-order valence-corrected chi connectivity index (χ4v) is 7.33. The topological polar surface area (TPSA) is 106 Å². The first-order valence-corrected chi connectivity index (χ1v) is 13.5. The van der Waals surface area contributed by atoms with Gasteiger partial charge in [-0.2, -0.15) is 0 Å². The van der Waals surface area contributed by atoms with E-state index < -0.39 is 0 Å². The molecular formula is C24H25AsN5O2S. The molecular weight excluding hydrogens is 497 g/mol. The zero-order valence-corrected chi connectivity index (χ0v) is 20.8. The van der Waals surface area contributed by atoms with Crippen molar-refractivity contribution >= 4 is 52.5 Å². The summed E-state index contributed by atoms with van der Waals surface area (Å²) in [6, 6.07) is 17.3. The summed E-state index contributed by atoms with van der Waals surface area (Å²) in [5.74, 6) is 0.0661. The van der Waals surface area contributed by atoms with Crippen molar-refractivity contribution in [3.8, 4) is 6.07 Å². The van der Waals surface area contributed by atoms with Crippen LogP contribution >= 0.6 is 11.3 Å². The number of hydrogen-bond donors (Lipinski definition) is 2. The van der Waals surface area contributed by atoms with Gasteiger partial charge in [0.25, 0.3) is 0 Å². The van der Waals surface area contributed by atoms with Gasteiger partial charge in [0, 0.05) is 0 Å². The van der Waals surface area contributed by atoms with E-state index in [4.69, 9.17) is 16.1 Å². The molecule has 1 aromatic heterocycles. The van der Waals surface area contributed by atoms with Crippen LogP contribution in [0.25, 0.3) is 0 Å². The van der Waals surface area contributed by atoms with Gasteiger partial charge >= 0.3 is 205 Å². The fourth-order valence-electron chi connectivity index (χ4n) is 3.76. The fraction of sp³-hybridized carbons (Fsp3) is 0.292. The Bertz CT molecular complexity index is 1150. The number of carbonyl (C=O) groups excluding carboxylic acids is 1. The van der Waals surface area contributed by atoms with Crippen LogP contribution in [-0.2, 0) is 0 Å². The zero-order chi connectivity index (χ0) is 23.2. The van der Waals surface area contributed by atoms with Crippen molar-refractivity contribution in [2.45, 2.75) is 6.42 Å². The number of hydrogen-bond acceptors (Lipinski definition) is 8. The molecule has 1 saturated heterocycles. The van der Waals surface area contributed by atoms with Gasteiger partial charge in [-0.15, -0.1) is 0 Å². The predicted molar refractivity (Wildman–Crippen MR) is 133 cm³/mol. The Morgan fingerprint density at radius 1 is 1.18 bits per heavy atom. The van der Waals surface area contributed by atoms with E-state index in [0.29, 0.717) is 16.0 Å². The number of benzene rings is 2. The molecule has 3 N–H and O–H groups in total. The summed E-state index contributed by atoms with van der Waals surface area (Å²) in [4.78, 5) is 22.6. The number of nitrogens with zero attached hydrogens (tertiary/aromatic N) is 4. The SMILES string of the molecule is N#Cc1cccc(C(=O)c2sc([As]c3ccc(N4CCN(CCCO)CC4)cc3)nc2N)c1. The van der Waals surface area contributed by atoms with Gasteiger partial charge in [0.2, 0.25) is 0 Å². The monoisotopic (exact) mass is 522 g/mol. The molecule has 7 nitrogen and oxygen atoms in total. The number of nitrogen functional groups attached to an aromatic ring is 1. The molecule has 4 rings (SSSR count). The van der Waals surface area contributed by atoms with Crippen LogP contribution < -0.4 is 18.8 Å². The van der Waals surface area contributed by atoms with Gasteiger partial charge < -0.3 is 0 Å². The molecule has 0 unspecified atom stereocenters. The molecule has 0 atom stereocenters. The zero-order valence-electron chi connectivity index (χ0n) is 18.1. The number of anilines is 2. The number of aliphatic hydroxyl groups is 1. The van der Waals surface area contributed by atoms with Gasteiger partial charge in [-0.25, -0.2) is 0 Å². The van der Waals surface area contributed by atoms with E-state index in [2.05, 4.69) is 45.1 Å². The first kappa shape index (κ1) is 23.5. The summed E-state index contributed by atoms with van der Waals surface area (Å²) in [6.45, 7) is 5.21. The average Bonchev–Trinajstić information content (AvgIpc) is 3.22. The summed E-state index contributed by atoms with van der Waals surface area (Å²) >= 11 is 0.973. The Hall–Kier alpha value is -2.69. The number of ketones is 1. The van der Waals surface area contributed by atoms with Crippen LogP contribution in [0.1, 0.15) is 27.2 Å². The molecule has 1 aliphatic rings. The molecule has 0 amide bonds. The Morgan fingerprint density at radius 2 is 1.94 bits per heavy atom. The standard InChI is InChI=1S/C24H25AsN5O2S/c26-16-17-3-1-4-18(15-17)21(32)22-23(27)28-24(33-22)25-19-5-7-20(8-6-19)30-12-10-29(11-13-30)9-2-14-31/h1,3-8,15,31H,2,9-14,27H2. The second-order valence-electron chi connectivity index (χ2n) is 7.77. The average molecular weight is 522 g/mol. The van der Waals surface area contributed by atoms with Gasteiger partial charge in [0.05, 0.1) is 0 Å². The third-order valence-electron chi connectivity index (χ3n) is 5.55. The molecule has 33 heavy (non-hydrogen) atoms. The molecule has 0 aliphatic carbocycles. The van der Waals surface area contributed by atoms with Crippen molar-refractivity contribution in [3.05, 3.63) is 64.5 Å². The maximum absolute atomic E-state index is 12.9. The van der Waals surface area contributed by atoms with Crippen molar-refractivity contribution < 1.29 is 9.90 Å². The van der Waals surface area contributed by atoms with Gasteiger partial charge in [-0.05, 0) is 0 Å². The molecule has 1 fully saturated rings. The van der Waals surface area contributed by atoms with E-state index in [-0.39, 0.29) is 34.0 Å². The van der Waals surface area contributed by atoms with Crippen molar-refractivity contribution in [1.29, 1.82) is 5.26 Å². The van der Waals surface area contributed by atoms with Gasteiger partial charge in [-0.3, -0.25) is 0 Å². The van der Waals surface area contributed by atoms with E-state index in [1.807, 2.05) is 0 Å². The third kappa shape index (κ3) is 5.81. The Labute approximate surface area is 204 Å². The molecule has 0 bridgehead atoms. The summed E-state index contributed by atoms with van der Waals surface area (Å²) in [6.07, 6.45) is 0.832. The summed E-state index contributed by atoms with van der Waals surface area (Å²) < 4.78 is 2.09. The summed E-state index contributed by atoms with van der Waals surface area (Å²) in [7, 11) is 0. The maximum atomic E-state index is 12.9. The summed E-state index contributed by atoms with van der Waals surface area (Å²) in [5.41, 5.74) is 8.19. The number of thiazole rings is 1. The number of rotatable bonds is 8. The molecule has 9 heteroatoms. The number of aliphatic hydroxyl groups excluding tert-OH is 1. The van der Waals surface area contributed by atoms with E-state index in [1.165, 1.54) is 21.4 Å². The van der Waals surface area contributed by atoms with Crippen molar-refractivity contribution in [3.63, 3.8) is 0 Å². The van der Waals surface area contributed by atoms with Crippen molar-refractivity contribution in [2.24, 2.45) is 0 Å². The normalized spacial score (nSPS) is 14.6. The minimum atomic E-state index is -0.376. The Morgan fingerprint density at radius 3 is 2.64 bits per heavy atom. The first-order chi connectivity index (χ1) is 16.1. The van der Waals surface area contributed by atoms with E-state index in [1.54, 1.807) is 24.3 Å². The third-order valence-corrected chi connectivity index (χ3v) is 9.25. The molecule has 1 radical (unpaired) electrons. The first-order valence-electron chi connectivity index (χ1n) is 10.8. The number of nitriles is 1. The molecule has 0 saturated carbocycles. The molecule has 1 aliphatic heterocycles. The Kier molecular flexibility index (Phi) is 7.79. The number of piperazine rings is 1. The van der Waals surface area contributed by atoms with Crippen LogP contribution in [0.5, 0.6) is 0 Å². The predicted octanol–water partition coefficient (Wildman–Crippen LogP) is 0.987. The molecule has 169 valence electrons. The minimum absolute atomic E-state index is 0.192. The van der Waals surface area contributed by atoms with E-state index >= 15 is 0 Å². The van der Waals surface area contributed by atoms with Crippen LogP contribution in [0.2, 0.25) is 0 Å². The number of carbonyl (C=O) groups is 1. The van der Waals surface area contributed by atoms with Crippen LogP contribution in [-0.4, -0.2) is 75.9 Å². The molecule has 2 heterocycles. The molecule has 3 aromatic rings. The van der Waals surface area contributed by atoms with E-state index in [9.17, 15) is 4.79 Å².